The Morgan fingerprint density at radius 3 is 2.59 bits per heavy atom. The number of hydrogen-bond acceptors (Lipinski definition) is 8. The number of aliphatic hydroxyl groups is 1. The number of carbonyl (C=O) groups is 2. The van der Waals surface area contributed by atoms with Gasteiger partial charge in [0.05, 0.1) is 18.2 Å². The molecule has 2 N–H and O–H groups in total. The van der Waals surface area contributed by atoms with Crippen molar-refractivity contribution in [1.82, 2.24) is 9.71 Å². The zero-order chi connectivity index (χ0) is 25.4. The fraction of sp³-hybridized carbons (Fsp3) is 0.478. The summed E-state index contributed by atoms with van der Waals surface area (Å²) in [4.78, 5) is 29.4. The summed E-state index contributed by atoms with van der Waals surface area (Å²) in [5.41, 5.74) is 2.42. The van der Waals surface area contributed by atoms with E-state index in [1.807, 2.05) is 27.7 Å². The van der Waals surface area contributed by atoms with Gasteiger partial charge in [-0.15, -0.1) is 15.7 Å². The SMILES string of the molecule is CC(C)c1cc2c(c(C(C)C)c1CC(=O)N=S(=O)(NC#N)c1cnc(C(C)(C)O)s1)COC2=O. The van der Waals surface area contributed by atoms with Crippen molar-refractivity contribution in [3.63, 3.8) is 0 Å². The first-order chi connectivity index (χ1) is 15.8. The zero-order valence-electron chi connectivity index (χ0n) is 20.0. The quantitative estimate of drug-likeness (QED) is 0.331. The molecule has 1 unspecified atom stereocenters. The molecule has 1 atom stereocenters. The van der Waals surface area contributed by atoms with E-state index in [-0.39, 0.29) is 40.0 Å². The number of rotatable bonds is 7. The molecule has 1 amide bonds. The third kappa shape index (κ3) is 4.99. The number of carbonyl (C=O) groups excluding carboxylic acids is 2. The molecule has 0 saturated carbocycles. The van der Waals surface area contributed by atoms with E-state index in [1.54, 1.807) is 12.3 Å². The van der Waals surface area contributed by atoms with Crippen LogP contribution in [0.5, 0.6) is 0 Å². The Morgan fingerprint density at radius 1 is 1.38 bits per heavy atom. The van der Waals surface area contributed by atoms with Gasteiger partial charge in [-0.3, -0.25) is 4.79 Å². The van der Waals surface area contributed by atoms with E-state index in [4.69, 9.17) is 4.74 Å². The molecule has 0 radical (unpaired) electrons. The van der Waals surface area contributed by atoms with Crippen LogP contribution in [0.1, 0.15) is 91.0 Å². The molecule has 34 heavy (non-hydrogen) atoms. The van der Waals surface area contributed by atoms with Crippen molar-refractivity contribution in [2.75, 3.05) is 0 Å². The van der Waals surface area contributed by atoms with Gasteiger partial charge in [0.25, 0.3) is 5.91 Å². The highest BCUT2D eigenvalue weighted by Crippen LogP contribution is 2.37. The molecule has 0 bridgehead atoms. The standard InChI is InChI=1S/C23H28N4O5S2/c1-12(2)14-7-16-17(10-32-21(16)29)20(13(3)4)15(14)8-18(28)27-34(31,26-11-24)19-9-25-22(33-19)23(5,6)30/h7,9,12-13,30H,8,10H2,1-6H3,(H,26,27,28,31). The van der Waals surface area contributed by atoms with Crippen LogP contribution in [-0.4, -0.2) is 26.2 Å². The average Bonchev–Trinajstić information content (AvgIpc) is 3.35. The second-order valence-electron chi connectivity index (χ2n) is 9.21. The predicted octanol–water partition coefficient (Wildman–Crippen LogP) is 3.87. The van der Waals surface area contributed by atoms with Crippen molar-refractivity contribution < 1.29 is 23.6 Å². The minimum atomic E-state index is -3.63. The number of nitrogens with one attached hydrogen (secondary N) is 1. The van der Waals surface area contributed by atoms with Gasteiger partial charge >= 0.3 is 5.97 Å². The molecule has 1 aromatic carbocycles. The normalized spacial score (nSPS) is 15.0. The molecular weight excluding hydrogens is 476 g/mol. The summed E-state index contributed by atoms with van der Waals surface area (Å²) in [5.74, 6) is -1.05. The highest BCUT2D eigenvalue weighted by Gasteiger charge is 2.31. The van der Waals surface area contributed by atoms with Crippen LogP contribution in [0.4, 0.5) is 0 Å². The van der Waals surface area contributed by atoms with Gasteiger partial charge in [0.1, 0.15) is 21.4 Å². The zero-order valence-corrected chi connectivity index (χ0v) is 21.6. The molecule has 0 spiro atoms. The maximum atomic E-state index is 13.5. The van der Waals surface area contributed by atoms with Crippen molar-refractivity contribution >= 4 is 33.1 Å². The van der Waals surface area contributed by atoms with E-state index >= 15 is 0 Å². The number of amides is 1. The van der Waals surface area contributed by atoms with Crippen molar-refractivity contribution in [3.8, 4) is 6.19 Å². The van der Waals surface area contributed by atoms with Crippen LogP contribution in [0.3, 0.4) is 0 Å². The first-order valence-electron chi connectivity index (χ1n) is 10.8. The highest BCUT2D eigenvalue weighted by molar-refractivity contribution is 7.94. The van der Waals surface area contributed by atoms with Crippen LogP contribution in [0.2, 0.25) is 0 Å². The van der Waals surface area contributed by atoms with Gasteiger partial charge < -0.3 is 9.84 Å². The van der Waals surface area contributed by atoms with Gasteiger partial charge in [-0.25, -0.2) is 18.7 Å². The maximum Gasteiger partial charge on any atom is 0.338 e. The summed E-state index contributed by atoms with van der Waals surface area (Å²) in [7, 11) is -3.63. The highest BCUT2D eigenvalue weighted by atomic mass is 32.2. The molecular formula is C23H28N4O5S2. The number of nitriles is 1. The fourth-order valence-electron chi connectivity index (χ4n) is 3.95. The van der Waals surface area contributed by atoms with Gasteiger partial charge in [0.2, 0.25) is 0 Å². The number of fused-ring (bicyclic) bond motifs is 1. The molecule has 11 heteroatoms. The molecule has 9 nitrogen and oxygen atoms in total. The number of hydrogen-bond donors (Lipinski definition) is 2. The molecule has 1 aromatic heterocycles. The lowest BCUT2D eigenvalue weighted by molar-refractivity contribution is -0.117. The van der Waals surface area contributed by atoms with Crippen LogP contribution in [0.15, 0.2) is 20.8 Å². The van der Waals surface area contributed by atoms with Crippen molar-refractivity contribution in [3.05, 3.63) is 45.1 Å². The van der Waals surface area contributed by atoms with E-state index in [0.29, 0.717) is 5.56 Å². The van der Waals surface area contributed by atoms with Gasteiger partial charge in [-0.05, 0) is 48.4 Å². The van der Waals surface area contributed by atoms with Gasteiger partial charge in [-0.2, -0.15) is 5.26 Å². The van der Waals surface area contributed by atoms with Gasteiger partial charge in [-0.1, -0.05) is 27.7 Å². The first-order valence-corrected chi connectivity index (χ1v) is 13.1. The van der Waals surface area contributed by atoms with E-state index in [9.17, 15) is 24.2 Å². The number of nitrogens with zero attached hydrogens (tertiary/aromatic N) is 3. The second-order valence-corrected chi connectivity index (χ2v) is 12.4. The molecule has 0 aliphatic carbocycles. The lowest BCUT2D eigenvalue weighted by Gasteiger charge is -2.21. The molecule has 0 fully saturated rings. The molecule has 1 aliphatic heterocycles. The minimum absolute atomic E-state index is 0.00202. The Labute approximate surface area is 203 Å². The molecule has 3 rings (SSSR count). The topological polar surface area (TPSA) is 142 Å². The predicted molar refractivity (Wildman–Crippen MR) is 127 cm³/mol. The Balaban J connectivity index is 2.11. The monoisotopic (exact) mass is 504 g/mol. The third-order valence-electron chi connectivity index (χ3n) is 5.41. The minimum Gasteiger partial charge on any atom is -0.457 e. The number of ether oxygens (including phenoxy) is 1. The molecule has 0 saturated heterocycles. The maximum absolute atomic E-state index is 13.5. The van der Waals surface area contributed by atoms with Crippen molar-refractivity contribution in [1.29, 1.82) is 5.26 Å². The van der Waals surface area contributed by atoms with Crippen LogP contribution in [0, 0.1) is 11.5 Å². The first kappa shape index (κ1) is 25.8. The molecule has 182 valence electrons. The Bertz CT molecular complexity index is 1310. The van der Waals surface area contributed by atoms with Crippen LogP contribution in [-0.2, 0) is 38.1 Å². The lowest BCUT2D eigenvalue weighted by Crippen LogP contribution is -2.20. The third-order valence-corrected chi connectivity index (χ3v) is 8.93. The Hall–Kier alpha value is -2.81. The summed E-state index contributed by atoms with van der Waals surface area (Å²) >= 11 is 0.917. The van der Waals surface area contributed by atoms with E-state index < -0.39 is 21.4 Å². The summed E-state index contributed by atoms with van der Waals surface area (Å²) in [6.45, 7) is 11.1. The number of benzene rings is 1. The van der Waals surface area contributed by atoms with Crippen molar-refractivity contribution in [2.24, 2.45) is 4.36 Å². The largest absolute Gasteiger partial charge is 0.457 e. The van der Waals surface area contributed by atoms with Gasteiger partial charge in [0, 0.05) is 5.56 Å². The van der Waals surface area contributed by atoms with Crippen LogP contribution >= 0.6 is 11.3 Å². The van der Waals surface area contributed by atoms with E-state index in [2.05, 4.69) is 14.1 Å². The fourth-order valence-corrected chi connectivity index (χ4v) is 6.44. The number of cyclic esters (lactones) is 1. The summed E-state index contributed by atoms with van der Waals surface area (Å²) in [5, 5.41) is 19.6. The van der Waals surface area contributed by atoms with E-state index in [1.165, 1.54) is 20.0 Å². The summed E-state index contributed by atoms with van der Waals surface area (Å²) in [6, 6.07) is 1.77. The van der Waals surface area contributed by atoms with Crippen molar-refractivity contribution in [2.45, 2.75) is 76.2 Å². The summed E-state index contributed by atoms with van der Waals surface area (Å²) < 4.78 is 24.9. The number of esters is 1. The van der Waals surface area contributed by atoms with Gasteiger partial charge in [0.15, 0.2) is 16.1 Å². The Morgan fingerprint density at radius 2 is 2.06 bits per heavy atom. The lowest BCUT2D eigenvalue weighted by atomic mass is 9.82. The second kappa shape index (κ2) is 9.44. The van der Waals surface area contributed by atoms with Crippen LogP contribution in [0.25, 0.3) is 0 Å². The van der Waals surface area contributed by atoms with Crippen LogP contribution < -0.4 is 4.72 Å². The van der Waals surface area contributed by atoms with E-state index in [0.717, 1.165) is 33.6 Å². The molecule has 2 heterocycles. The Kier molecular flexibility index (Phi) is 7.17. The number of aromatic nitrogens is 1. The smallest absolute Gasteiger partial charge is 0.338 e. The summed E-state index contributed by atoms with van der Waals surface area (Å²) in [6.07, 6.45) is 2.71. The molecule has 1 aliphatic rings. The number of thiazole rings is 1. The molecule has 2 aromatic rings. The average molecular weight is 505 g/mol.